The third-order valence-electron chi connectivity index (χ3n) is 3.58. The Morgan fingerprint density at radius 3 is 2.95 bits per heavy atom. The van der Waals surface area contributed by atoms with Gasteiger partial charge in [-0.3, -0.25) is 4.79 Å². The van der Waals surface area contributed by atoms with E-state index >= 15 is 0 Å². The molecule has 1 saturated heterocycles. The number of amides is 1. The Morgan fingerprint density at radius 2 is 2.21 bits per heavy atom. The third kappa shape index (κ3) is 3.62. The highest BCUT2D eigenvalue weighted by Gasteiger charge is 2.23. The largest absolute Gasteiger partial charge is 0.342 e. The minimum atomic E-state index is 0.0994. The summed E-state index contributed by atoms with van der Waals surface area (Å²) in [6, 6.07) is 5.38. The first-order valence-electron chi connectivity index (χ1n) is 6.52. The molecule has 1 aliphatic heterocycles. The van der Waals surface area contributed by atoms with Crippen LogP contribution in [0.3, 0.4) is 0 Å². The predicted octanol–water partition coefficient (Wildman–Crippen LogP) is 2.73. The molecule has 0 spiro atoms. The predicted molar refractivity (Wildman–Crippen MR) is 78.5 cm³/mol. The number of rotatable bonds is 3. The molecule has 0 bridgehead atoms. The lowest BCUT2D eigenvalue weighted by Crippen LogP contribution is -2.42. The van der Waals surface area contributed by atoms with E-state index in [1.165, 1.54) is 0 Å². The van der Waals surface area contributed by atoms with Gasteiger partial charge in [0.15, 0.2) is 0 Å². The lowest BCUT2D eigenvalue weighted by atomic mass is 9.97. The molecule has 1 fully saturated rings. The normalized spacial score (nSPS) is 19.5. The van der Waals surface area contributed by atoms with Crippen molar-refractivity contribution in [1.82, 2.24) is 4.90 Å². The average Bonchev–Trinajstić information content (AvgIpc) is 2.44. The monoisotopic (exact) mass is 300 g/mol. The minimum absolute atomic E-state index is 0.0994. The van der Waals surface area contributed by atoms with Gasteiger partial charge in [0.25, 0.3) is 0 Å². The Kier molecular flexibility index (Phi) is 5.08. The molecule has 3 nitrogen and oxygen atoms in total. The van der Waals surface area contributed by atoms with Gasteiger partial charge in [-0.05, 0) is 36.9 Å². The molecule has 2 N–H and O–H groups in total. The van der Waals surface area contributed by atoms with E-state index in [0.29, 0.717) is 28.9 Å². The number of halogens is 2. The summed E-state index contributed by atoms with van der Waals surface area (Å²) in [5.41, 5.74) is 6.47. The maximum Gasteiger partial charge on any atom is 0.227 e. The SMILES string of the molecule is NCC1CCCN(C(=O)Cc2cccc(Cl)c2Cl)C1. The maximum absolute atomic E-state index is 12.3. The molecule has 2 rings (SSSR count). The molecule has 5 heteroatoms. The molecular weight excluding hydrogens is 283 g/mol. The zero-order valence-corrected chi connectivity index (χ0v) is 12.3. The molecule has 1 heterocycles. The van der Waals surface area contributed by atoms with Crippen molar-refractivity contribution < 1.29 is 4.79 Å². The number of likely N-dealkylation sites (tertiary alicyclic amines) is 1. The number of carbonyl (C=O) groups is 1. The van der Waals surface area contributed by atoms with Gasteiger partial charge in [0.1, 0.15) is 0 Å². The fourth-order valence-electron chi connectivity index (χ4n) is 2.44. The zero-order chi connectivity index (χ0) is 13.8. The summed E-state index contributed by atoms with van der Waals surface area (Å²) in [4.78, 5) is 14.2. The quantitative estimate of drug-likeness (QED) is 0.933. The highest BCUT2D eigenvalue weighted by atomic mass is 35.5. The molecule has 0 aromatic heterocycles. The van der Waals surface area contributed by atoms with Crippen LogP contribution in [0, 0.1) is 5.92 Å². The van der Waals surface area contributed by atoms with Crippen molar-refractivity contribution in [3.8, 4) is 0 Å². The smallest absolute Gasteiger partial charge is 0.227 e. The van der Waals surface area contributed by atoms with E-state index in [1.807, 2.05) is 17.0 Å². The molecule has 1 aromatic carbocycles. The molecule has 1 aromatic rings. The molecule has 0 aliphatic carbocycles. The molecule has 0 radical (unpaired) electrons. The topological polar surface area (TPSA) is 46.3 Å². The molecule has 19 heavy (non-hydrogen) atoms. The van der Waals surface area contributed by atoms with Crippen LogP contribution < -0.4 is 5.73 Å². The first-order valence-corrected chi connectivity index (χ1v) is 7.28. The van der Waals surface area contributed by atoms with E-state index in [9.17, 15) is 4.79 Å². The number of nitrogens with zero attached hydrogens (tertiary/aromatic N) is 1. The molecule has 104 valence electrons. The molecule has 0 saturated carbocycles. The van der Waals surface area contributed by atoms with Gasteiger partial charge in [0.05, 0.1) is 16.5 Å². The molecular formula is C14H18Cl2N2O. The summed E-state index contributed by atoms with van der Waals surface area (Å²) in [7, 11) is 0. The first-order chi connectivity index (χ1) is 9.11. The number of nitrogens with two attached hydrogens (primary N) is 1. The summed E-state index contributed by atoms with van der Waals surface area (Å²) < 4.78 is 0. The second-order valence-electron chi connectivity index (χ2n) is 4.97. The standard InChI is InChI=1S/C14H18Cl2N2O/c15-12-5-1-4-11(14(12)16)7-13(19)18-6-2-3-10(8-17)9-18/h1,4-5,10H,2-3,6-9,17H2. The number of carbonyl (C=O) groups excluding carboxylic acids is 1. The van der Waals surface area contributed by atoms with Crippen LogP contribution in [0.15, 0.2) is 18.2 Å². The molecule has 1 atom stereocenters. The van der Waals surface area contributed by atoms with Crippen LogP contribution in [0.4, 0.5) is 0 Å². The van der Waals surface area contributed by atoms with Gasteiger partial charge >= 0.3 is 0 Å². The number of benzene rings is 1. The van der Waals surface area contributed by atoms with Gasteiger partial charge in [-0.15, -0.1) is 0 Å². The van der Waals surface area contributed by atoms with E-state index in [2.05, 4.69) is 0 Å². The van der Waals surface area contributed by atoms with Crippen molar-refractivity contribution in [2.24, 2.45) is 11.7 Å². The lowest BCUT2D eigenvalue weighted by Gasteiger charge is -2.32. The highest BCUT2D eigenvalue weighted by Crippen LogP contribution is 2.26. The fraction of sp³-hybridized carbons (Fsp3) is 0.500. The van der Waals surface area contributed by atoms with Crippen molar-refractivity contribution in [2.45, 2.75) is 19.3 Å². The fourth-order valence-corrected chi connectivity index (χ4v) is 2.83. The molecule has 1 amide bonds. The lowest BCUT2D eigenvalue weighted by molar-refractivity contribution is -0.132. The number of hydrogen-bond acceptors (Lipinski definition) is 2. The van der Waals surface area contributed by atoms with Crippen molar-refractivity contribution in [1.29, 1.82) is 0 Å². The van der Waals surface area contributed by atoms with Crippen molar-refractivity contribution in [2.75, 3.05) is 19.6 Å². The second kappa shape index (κ2) is 6.60. The Labute approximate surface area is 123 Å². The van der Waals surface area contributed by atoms with Crippen LogP contribution in [0.5, 0.6) is 0 Å². The van der Waals surface area contributed by atoms with Crippen LogP contribution in [0.2, 0.25) is 10.0 Å². The van der Waals surface area contributed by atoms with Crippen LogP contribution in [-0.2, 0) is 11.2 Å². The van der Waals surface area contributed by atoms with Crippen LogP contribution >= 0.6 is 23.2 Å². The van der Waals surface area contributed by atoms with E-state index < -0.39 is 0 Å². The Bertz CT molecular complexity index is 465. The summed E-state index contributed by atoms with van der Waals surface area (Å²) >= 11 is 12.1. The first kappa shape index (κ1) is 14.6. The summed E-state index contributed by atoms with van der Waals surface area (Å²) in [6.45, 7) is 2.21. The van der Waals surface area contributed by atoms with Gasteiger partial charge in [0.2, 0.25) is 5.91 Å². The summed E-state index contributed by atoms with van der Waals surface area (Å²) in [5, 5.41) is 0.968. The number of piperidine rings is 1. The summed E-state index contributed by atoms with van der Waals surface area (Å²) in [5.74, 6) is 0.523. The highest BCUT2D eigenvalue weighted by molar-refractivity contribution is 6.42. The van der Waals surface area contributed by atoms with Crippen molar-refractivity contribution in [3.63, 3.8) is 0 Å². The van der Waals surface area contributed by atoms with Crippen molar-refractivity contribution in [3.05, 3.63) is 33.8 Å². The summed E-state index contributed by atoms with van der Waals surface area (Å²) in [6.07, 6.45) is 2.44. The molecule has 1 unspecified atom stereocenters. The zero-order valence-electron chi connectivity index (χ0n) is 10.7. The second-order valence-corrected chi connectivity index (χ2v) is 5.76. The molecule has 1 aliphatic rings. The van der Waals surface area contributed by atoms with E-state index in [0.717, 1.165) is 31.5 Å². The number of hydrogen-bond donors (Lipinski definition) is 1. The van der Waals surface area contributed by atoms with Crippen LogP contribution in [0.25, 0.3) is 0 Å². The van der Waals surface area contributed by atoms with E-state index in [4.69, 9.17) is 28.9 Å². The van der Waals surface area contributed by atoms with Gasteiger partial charge < -0.3 is 10.6 Å². The van der Waals surface area contributed by atoms with Crippen molar-refractivity contribution >= 4 is 29.1 Å². The van der Waals surface area contributed by atoms with E-state index in [1.54, 1.807) is 6.07 Å². The van der Waals surface area contributed by atoms with Gasteiger partial charge in [-0.1, -0.05) is 35.3 Å². The minimum Gasteiger partial charge on any atom is -0.342 e. The Hall–Kier alpha value is -0.770. The third-order valence-corrected chi connectivity index (χ3v) is 4.44. The van der Waals surface area contributed by atoms with Crippen LogP contribution in [0.1, 0.15) is 18.4 Å². The Morgan fingerprint density at radius 1 is 1.42 bits per heavy atom. The Balaban J connectivity index is 2.02. The maximum atomic E-state index is 12.3. The van der Waals surface area contributed by atoms with E-state index in [-0.39, 0.29) is 5.91 Å². The van der Waals surface area contributed by atoms with Gasteiger partial charge in [-0.2, -0.15) is 0 Å². The average molecular weight is 301 g/mol. The van der Waals surface area contributed by atoms with Gasteiger partial charge in [0, 0.05) is 13.1 Å². The van der Waals surface area contributed by atoms with Crippen LogP contribution in [-0.4, -0.2) is 30.4 Å². The van der Waals surface area contributed by atoms with Gasteiger partial charge in [-0.25, -0.2) is 0 Å².